The van der Waals surface area contributed by atoms with E-state index in [0.29, 0.717) is 16.9 Å². The van der Waals surface area contributed by atoms with Crippen LogP contribution in [0, 0.1) is 0 Å². The van der Waals surface area contributed by atoms with Gasteiger partial charge in [-0.1, -0.05) is 42.5 Å². The second-order valence-electron chi connectivity index (χ2n) is 5.62. The first-order valence-corrected chi connectivity index (χ1v) is 8.54. The fraction of sp³-hybridized carbons (Fsp3) is 0.0526. The Morgan fingerprint density at radius 1 is 1.12 bits per heavy atom. The Hall–Kier alpha value is -2.86. The van der Waals surface area contributed by atoms with Gasteiger partial charge in [-0.3, -0.25) is 9.48 Å². The molecule has 124 valence electrons. The molecule has 0 aliphatic heterocycles. The van der Waals surface area contributed by atoms with Gasteiger partial charge in [0.15, 0.2) is 10.4 Å². The molecule has 4 rings (SSSR count). The normalized spacial score (nSPS) is 10.9. The lowest BCUT2D eigenvalue weighted by molar-refractivity contribution is 0.0995. The van der Waals surface area contributed by atoms with Crippen LogP contribution < -0.4 is 5.32 Å². The minimum absolute atomic E-state index is 0.244. The van der Waals surface area contributed by atoms with Gasteiger partial charge in [-0.25, -0.2) is 0 Å². The maximum Gasteiger partial charge on any atom is 0.291 e. The third kappa shape index (κ3) is 3.34. The summed E-state index contributed by atoms with van der Waals surface area (Å²) >= 11 is 3.18. The molecule has 4 aromatic rings. The Morgan fingerprint density at radius 2 is 1.96 bits per heavy atom. The molecule has 2 aromatic heterocycles. The minimum Gasteiger partial charge on any atom is -0.444 e. The quantitative estimate of drug-likeness (QED) is 0.544. The molecule has 25 heavy (non-hydrogen) atoms. The number of carbonyl (C=O) groups excluding carboxylic acids is 1. The number of anilines is 1. The number of rotatable bonds is 4. The number of benzene rings is 2. The second kappa shape index (κ2) is 6.57. The van der Waals surface area contributed by atoms with E-state index in [2.05, 4.69) is 50.6 Å². The molecule has 1 N–H and O–H groups in total. The Bertz CT molecular complexity index is 1050. The molecule has 0 saturated carbocycles. The number of hydrogen-bond acceptors (Lipinski definition) is 3. The lowest BCUT2D eigenvalue weighted by atomic mass is 10.0. The molecule has 0 atom stereocenters. The van der Waals surface area contributed by atoms with Gasteiger partial charge in [0.2, 0.25) is 0 Å². The van der Waals surface area contributed by atoms with E-state index in [4.69, 9.17) is 4.42 Å². The molecule has 0 unspecified atom stereocenters. The zero-order chi connectivity index (χ0) is 17.2. The van der Waals surface area contributed by atoms with E-state index in [-0.39, 0.29) is 11.7 Å². The third-order valence-electron chi connectivity index (χ3n) is 3.90. The first-order chi connectivity index (χ1) is 12.2. The zero-order valence-corrected chi connectivity index (χ0v) is 14.7. The van der Waals surface area contributed by atoms with E-state index >= 15 is 0 Å². The molecular weight excluding hydrogens is 382 g/mol. The van der Waals surface area contributed by atoms with Crippen LogP contribution in [0.2, 0.25) is 0 Å². The predicted molar refractivity (Wildman–Crippen MR) is 99.6 cm³/mol. The Balaban J connectivity index is 1.52. The maximum absolute atomic E-state index is 12.1. The number of carbonyl (C=O) groups is 1. The van der Waals surface area contributed by atoms with Gasteiger partial charge >= 0.3 is 0 Å². The molecule has 5 nitrogen and oxygen atoms in total. The van der Waals surface area contributed by atoms with Crippen LogP contribution in [-0.2, 0) is 6.54 Å². The summed E-state index contributed by atoms with van der Waals surface area (Å²) in [7, 11) is 0. The van der Waals surface area contributed by atoms with Crippen molar-refractivity contribution in [3.8, 4) is 0 Å². The molecule has 0 aliphatic carbocycles. The average molecular weight is 396 g/mol. The standard InChI is InChI=1S/C19H14BrN3O2/c20-18-9-8-17(25-18)19(24)22-15-10-21-23(12-15)11-14-6-3-5-13-4-1-2-7-16(13)14/h1-10,12H,11H2,(H,22,24). The van der Waals surface area contributed by atoms with Crippen LogP contribution in [-0.4, -0.2) is 15.7 Å². The summed E-state index contributed by atoms with van der Waals surface area (Å²) in [5, 5.41) is 9.51. The molecule has 0 radical (unpaired) electrons. The summed E-state index contributed by atoms with van der Waals surface area (Å²) in [5.41, 5.74) is 1.80. The SMILES string of the molecule is O=C(Nc1cnn(Cc2cccc3ccccc23)c1)c1ccc(Br)o1. The Kier molecular flexibility index (Phi) is 4.11. The van der Waals surface area contributed by atoms with Gasteiger partial charge in [0, 0.05) is 6.20 Å². The fourth-order valence-electron chi connectivity index (χ4n) is 2.75. The van der Waals surface area contributed by atoms with E-state index in [1.54, 1.807) is 29.2 Å². The van der Waals surface area contributed by atoms with Crippen LogP contribution in [0.1, 0.15) is 16.1 Å². The highest BCUT2D eigenvalue weighted by molar-refractivity contribution is 9.10. The predicted octanol–water partition coefficient (Wildman–Crippen LogP) is 4.69. The van der Waals surface area contributed by atoms with Crippen LogP contribution >= 0.6 is 15.9 Å². The molecular formula is C19H14BrN3O2. The van der Waals surface area contributed by atoms with E-state index in [1.807, 2.05) is 18.2 Å². The van der Waals surface area contributed by atoms with Crippen molar-refractivity contribution in [3.05, 3.63) is 83.0 Å². The number of hydrogen-bond donors (Lipinski definition) is 1. The highest BCUT2D eigenvalue weighted by Gasteiger charge is 2.12. The van der Waals surface area contributed by atoms with Crippen molar-refractivity contribution in [2.75, 3.05) is 5.32 Å². The fourth-order valence-corrected chi connectivity index (χ4v) is 3.06. The van der Waals surface area contributed by atoms with E-state index in [0.717, 1.165) is 0 Å². The van der Waals surface area contributed by atoms with Crippen LogP contribution in [0.5, 0.6) is 0 Å². The van der Waals surface area contributed by atoms with Crippen molar-refractivity contribution in [1.82, 2.24) is 9.78 Å². The van der Waals surface area contributed by atoms with Crippen LogP contribution in [0.15, 0.2) is 76.1 Å². The van der Waals surface area contributed by atoms with Gasteiger partial charge in [0.25, 0.3) is 5.91 Å². The van der Waals surface area contributed by atoms with Gasteiger partial charge in [-0.2, -0.15) is 5.10 Å². The highest BCUT2D eigenvalue weighted by atomic mass is 79.9. The first kappa shape index (κ1) is 15.7. The van der Waals surface area contributed by atoms with E-state index < -0.39 is 0 Å². The number of nitrogens with zero attached hydrogens (tertiary/aromatic N) is 2. The highest BCUT2D eigenvalue weighted by Crippen LogP contribution is 2.20. The monoisotopic (exact) mass is 395 g/mol. The van der Waals surface area contributed by atoms with Gasteiger partial charge in [0.05, 0.1) is 18.4 Å². The van der Waals surface area contributed by atoms with Crippen LogP contribution in [0.3, 0.4) is 0 Å². The summed E-state index contributed by atoms with van der Waals surface area (Å²) in [6, 6.07) is 17.8. The zero-order valence-electron chi connectivity index (χ0n) is 13.1. The van der Waals surface area contributed by atoms with Crippen molar-refractivity contribution in [2.45, 2.75) is 6.54 Å². The lowest BCUT2D eigenvalue weighted by Gasteiger charge is -2.06. The number of aromatic nitrogens is 2. The number of nitrogens with one attached hydrogen (secondary N) is 1. The number of amides is 1. The van der Waals surface area contributed by atoms with Crippen molar-refractivity contribution in [2.24, 2.45) is 0 Å². The summed E-state index contributed by atoms with van der Waals surface area (Å²) in [5.74, 6) is -0.0657. The number of halogens is 1. The van der Waals surface area contributed by atoms with E-state index in [1.165, 1.54) is 16.3 Å². The van der Waals surface area contributed by atoms with Crippen LogP contribution in [0.25, 0.3) is 10.8 Å². The van der Waals surface area contributed by atoms with Crippen molar-refractivity contribution in [3.63, 3.8) is 0 Å². The summed E-state index contributed by atoms with van der Waals surface area (Å²) in [6.07, 6.45) is 3.43. The number of fused-ring (bicyclic) bond motifs is 1. The Labute approximate surface area is 152 Å². The molecule has 0 fully saturated rings. The molecule has 0 saturated heterocycles. The van der Waals surface area contributed by atoms with Gasteiger partial charge in [-0.15, -0.1) is 0 Å². The van der Waals surface area contributed by atoms with Gasteiger partial charge < -0.3 is 9.73 Å². The molecule has 0 bridgehead atoms. The summed E-state index contributed by atoms with van der Waals surface area (Å²) in [6.45, 7) is 0.628. The minimum atomic E-state index is -0.310. The molecule has 0 spiro atoms. The van der Waals surface area contributed by atoms with Crippen molar-refractivity contribution >= 4 is 38.3 Å². The topological polar surface area (TPSA) is 60.1 Å². The smallest absolute Gasteiger partial charge is 0.291 e. The van der Waals surface area contributed by atoms with Crippen molar-refractivity contribution < 1.29 is 9.21 Å². The first-order valence-electron chi connectivity index (χ1n) is 7.75. The Morgan fingerprint density at radius 3 is 2.80 bits per heavy atom. The molecule has 0 aliphatic rings. The molecule has 2 heterocycles. The molecule has 6 heteroatoms. The number of furan rings is 1. The summed E-state index contributed by atoms with van der Waals surface area (Å²) in [4.78, 5) is 12.1. The lowest BCUT2D eigenvalue weighted by Crippen LogP contribution is -2.10. The van der Waals surface area contributed by atoms with E-state index in [9.17, 15) is 4.79 Å². The van der Waals surface area contributed by atoms with Gasteiger partial charge in [0.1, 0.15) is 0 Å². The summed E-state index contributed by atoms with van der Waals surface area (Å²) < 4.78 is 7.56. The van der Waals surface area contributed by atoms with Gasteiger partial charge in [-0.05, 0) is 44.4 Å². The molecule has 1 amide bonds. The van der Waals surface area contributed by atoms with Crippen molar-refractivity contribution in [1.29, 1.82) is 0 Å². The maximum atomic E-state index is 12.1. The van der Waals surface area contributed by atoms with Crippen LogP contribution in [0.4, 0.5) is 5.69 Å². The average Bonchev–Trinajstić information content (AvgIpc) is 3.24. The third-order valence-corrected chi connectivity index (χ3v) is 4.33. The molecule has 2 aromatic carbocycles. The largest absolute Gasteiger partial charge is 0.444 e. The second-order valence-corrected chi connectivity index (χ2v) is 6.40.